The predicted octanol–water partition coefficient (Wildman–Crippen LogP) is 11.1. The molecule has 61 heavy (non-hydrogen) atoms. The molecule has 0 saturated carbocycles. The fourth-order valence-corrected chi connectivity index (χ4v) is 9.55. The van der Waals surface area contributed by atoms with Crippen molar-refractivity contribution in [1.82, 2.24) is 0 Å². The molecule has 2 saturated heterocycles. The van der Waals surface area contributed by atoms with Crippen LogP contribution in [0.5, 0.6) is 46.0 Å². The Morgan fingerprint density at radius 1 is 0.525 bits per heavy atom. The van der Waals surface area contributed by atoms with Gasteiger partial charge >= 0.3 is 0 Å². The topological polar surface area (TPSA) is 101 Å². The van der Waals surface area contributed by atoms with Crippen molar-refractivity contribution in [3.05, 3.63) is 89.0 Å². The maximum Gasteiger partial charge on any atom is 0.134 e. The van der Waals surface area contributed by atoms with Crippen molar-refractivity contribution in [2.75, 3.05) is 26.4 Å². The quantitative estimate of drug-likeness (QED) is 0.101. The van der Waals surface area contributed by atoms with Crippen molar-refractivity contribution in [2.45, 2.75) is 160 Å². The predicted molar refractivity (Wildman–Crippen MR) is 239 cm³/mol. The Kier molecular flexibility index (Phi) is 11.8. The number of hydrogen-bond donors (Lipinski definition) is 1. The fourth-order valence-electron chi connectivity index (χ4n) is 9.55. The summed E-state index contributed by atoms with van der Waals surface area (Å²) < 4.78 is 50.8. The van der Waals surface area contributed by atoms with E-state index in [4.69, 9.17) is 37.9 Å². The van der Waals surface area contributed by atoms with Gasteiger partial charge in [0.25, 0.3) is 0 Å². The number of hydrogen-bond acceptors (Lipinski definition) is 9. The second kappa shape index (κ2) is 16.7. The number of ether oxygens (including phenoxy) is 8. The Hall–Kier alpha value is -4.44. The van der Waals surface area contributed by atoms with Crippen LogP contribution in [0.25, 0.3) is 0 Å². The first kappa shape index (κ1) is 43.2. The molecule has 9 nitrogen and oxygen atoms in total. The zero-order valence-electron chi connectivity index (χ0n) is 39.0. The van der Waals surface area contributed by atoms with Gasteiger partial charge in [-0.25, -0.2) is 0 Å². The fraction of sp³-hybridized carbons (Fsp3) is 0.538. The molecule has 4 aliphatic rings. The molecule has 1 N–H and O–H groups in total. The van der Waals surface area contributed by atoms with E-state index in [1.54, 1.807) is 0 Å². The summed E-state index contributed by atoms with van der Waals surface area (Å²) in [7, 11) is 0. The van der Waals surface area contributed by atoms with Gasteiger partial charge in [-0.05, 0) is 163 Å². The van der Waals surface area contributed by atoms with E-state index in [-0.39, 0.29) is 24.9 Å². The summed E-state index contributed by atoms with van der Waals surface area (Å²) in [5, 5.41) is 11.4. The molecular formula is C52H66O9. The first-order chi connectivity index (χ1) is 29.0. The lowest BCUT2D eigenvalue weighted by molar-refractivity contribution is 0.0626. The highest BCUT2D eigenvalue weighted by molar-refractivity contribution is 5.69. The summed E-state index contributed by atoms with van der Waals surface area (Å²) in [6.45, 7) is 31.9. The maximum atomic E-state index is 11.4. The lowest BCUT2D eigenvalue weighted by Crippen LogP contribution is -2.27. The molecule has 4 aromatic rings. The van der Waals surface area contributed by atoms with Crippen molar-refractivity contribution in [3.63, 3.8) is 0 Å². The van der Waals surface area contributed by atoms with Crippen LogP contribution in [0.15, 0.2) is 0 Å². The number of aliphatic hydroxyl groups is 1. The van der Waals surface area contributed by atoms with Crippen LogP contribution in [0.3, 0.4) is 0 Å². The monoisotopic (exact) mass is 834 g/mol. The smallest absolute Gasteiger partial charge is 0.134 e. The average Bonchev–Trinajstić information content (AvgIpc) is 4.19. The lowest BCUT2D eigenvalue weighted by atomic mass is 9.86. The molecular weight excluding hydrogens is 769 g/mol. The summed E-state index contributed by atoms with van der Waals surface area (Å²) in [6.07, 6.45) is 3.26. The molecule has 0 aliphatic carbocycles. The Bertz CT molecular complexity index is 2400. The highest BCUT2D eigenvalue weighted by Gasteiger charge is 2.34. The molecule has 0 spiro atoms. The number of benzene rings is 4. The molecule has 328 valence electrons. The lowest BCUT2D eigenvalue weighted by Gasteiger charge is -2.32. The Balaban J connectivity index is 0.968. The molecule has 5 atom stereocenters. The zero-order chi connectivity index (χ0) is 43.8. The number of epoxide rings is 2. The van der Waals surface area contributed by atoms with E-state index < -0.39 is 6.10 Å². The average molecular weight is 835 g/mol. The van der Waals surface area contributed by atoms with Crippen molar-refractivity contribution in [3.8, 4) is 46.0 Å². The number of rotatable bonds is 15. The third-order valence-electron chi connectivity index (χ3n) is 14.2. The highest BCUT2D eigenvalue weighted by atomic mass is 16.6. The van der Waals surface area contributed by atoms with Crippen molar-refractivity contribution in [2.24, 2.45) is 0 Å². The van der Waals surface area contributed by atoms with Crippen LogP contribution in [0.2, 0.25) is 0 Å². The minimum absolute atomic E-state index is 0.105. The van der Waals surface area contributed by atoms with Gasteiger partial charge in [-0.3, -0.25) is 0 Å². The van der Waals surface area contributed by atoms with E-state index in [0.717, 1.165) is 167 Å². The van der Waals surface area contributed by atoms with E-state index in [2.05, 4.69) is 90.0 Å². The maximum absolute atomic E-state index is 11.4. The Morgan fingerprint density at radius 3 is 1.34 bits per heavy atom. The van der Waals surface area contributed by atoms with Gasteiger partial charge in [-0.15, -0.1) is 0 Å². The van der Waals surface area contributed by atoms with E-state index in [1.165, 1.54) is 0 Å². The second-order valence-electron chi connectivity index (χ2n) is 18.3. The number of aliphatic hydroxyl groups excluding tert-OH is 1. The van der Waals surface area contributed by atoms with Gasteiger partial charge in [0.05, 0.1) is 31.5 Å². The molecule has 4 aliphatic heterocycles. The molecule has 9 heteroatoms. The zero-order valence-corrected chi connectivity index (χ0v) is 39.0. The Labute approximate surface area is 363 Å². The van der Waals surface area contributed by atoms with Gasteiger partial charge in [0.1, 0.15) is 71.4 Å². The van der Waals surface area contributed by atoms with Crippen molar-refractivity contribution < 1.29 is 43.0 Å². The molecule has 0 aromatic heterocycles. The van der Waals surface area contributed by atoms with Gasteiger partial charge in [0.2, 0.25) is 0 Å². The molecule has 4 heterocycles. The summed E-state index contributed by atoms with van der Waals surface area (Å²) in [4.78, 5) is 0. The highest BCUT2D eigenvalue weighted by Crippen LogP contribution is 2.52. The summed E-state index contributed by atoms with van der Waals surface area (Å²) >= 11 is 0. The van der Waals surface area contributed by atoms with E-state index >= 15 is 0 Å². The minimum Gasteiger partial charge on any atom is -0.490 e. The van der Waals surface area contributed by atoms with Crippen molar-refractivity contribution in [1.29, 1.82) is 0 Å². The molecule has 2 fully saturated rings. The SMILES string of the molecule is CCC(CC1CO1)Oc1c(C)c(C)c2c(c1C)Cc1c(C)c(OCC(O)CC(C)Oc3c(C)c(C)c4c(c3C)Cc3c(C)c(OCC5CO5)c(C)c(C)c3O4)c(C)c(C)c1O2. The molecule has 0 amide bonds. The van der Waals surface area contributed by atoms with E-state index in [1.807, 2.05) is 6.92 Å². The standard InChI is InChI=1S/C52H66O9/c1-15-38(17-39-21-54-39)59-48-28(6)32(10)52-44(36(48)14)19-41-33(11)45(25(3)29(7)49(41)61-52)56-20-37(53)16-24(2)58-47-27(5)31(9)51-43(35(47)13)18-42-34(12)46(57-23-40-22-55-40)26(4)30(8)50(42)60-51/h24,37-40,53H,15-23H2,1-14H3. The largest absolute Gasteiger partial charge is 0.490 e. The van der Waals surface area contributed by atoms with E-state index in [9.17, 15) is 5.11 Å². The van der Waals surface area contributed by atoms with E-state index in [0.29, 0.717) is 25.6 Å². The third kappa shape index (κ3) is 7.95. The molecule has 5 unspecified atom stereocenters. The summed E-state index contributed by atoms with van der Waals surface area (Å²) in [5.74, 6) is 7.22. The molecule has 0 bridgehead atoms. The third-order valence-corrected chi connectivity index (χ3v) is 14.2. The Morgan fingerprint density at radius 2 is 0.918 bits per heavy atom. The summed E-state index contributed by atoms with van der Waals surface area (Å²) in [5.41, 5.74) is 17.5. The normalized spacial score (nSPS) is 18.4. The van der Waals surface area contributed by atoms with Crippen LogP contribution in [-0.2, 0) is 22.3 Å². The number of fused-ring (bicyclic) bond motifs is 4. The van der Waals surface area contributed by atoms with Crippen molar-refractivity contribution >= 4 is 0 Å². The van der Waals surface area contributed by atoms with Crippen LogP contribution in [0, 0.1) is 83.1 Å². The molecule has 8 rings (SSSR count). The van der Waals surface area contributed by atoms with Gasteiger partial charge < -0.3 is 43.0 Å². The van der Waals surface area contributed by atoms with Gasteiger partial charge in [-0.2, -0.15) is 0 Å². The van der Waals surface area contributed by atoms with Gasteiger partial charge in [0, 0.05) is 47.9 Å². The van der Waals surface area contributed by atoms with Crippen LogP contribution < -0.4 is 28.4 Å². The second-order valence-corrected chi connectivity index (χ2v) is 18.3. The van der Waals surface area contributed by atoms with Gasteiger partial charge in [-0.1, -0.05) is 6.92 Å². The van der Waals surface area contributed by atoms with Crippen LogP contribution in [0.4, 0.5) is 0 Å². The van der Waals surface area contributed by atoms with Crippen LogP contribution in [0.1, 0.15) is 122 Å². The minimum atomic E-state index is -0.745. The first-order valence-corrected chi connectivity index (χ1v) is 22.4. The van der Waals surface area contributed by atoms with Gasteiger partial charge in [0.15, 0.2) is 0 Å². The summed E-state index contributed by atoms with van der Waals surface area (Å²) in [6, 6.07) is 0. The molecule has 0 radical (unpaired) electrons. The van der Waals surface area contributed by atoms with Crippen LogP contribution in [-0.4, -0.2) is 62.1 Å². The first-order valence-electron chi connectivity index (χ1n) is 22.4. The van der Waals surface area contributed by atoms with Crippen LogP contribution >= 0.6 is 0 Å². The molecule has 4 aromatic carbocycles.